The summed E-state index contributed by atoms with van der Waals surface area (Å²) in [6, 6.07) is 6.45. The zero-order valence-corrected chi connectivity index (χ0v) is 15.7. The highest BCUT2D eigenvalue weighted by Crippen LogP contribution is 2.16. The molecule has 0 radical (unpaired) electrons. The lowest BCUT2D eigenvalue weighted by atomic mass is 10.3. The summed E-state index contributed by atoms with van der Waals surface area (Å²) in [5.41, 5.74) is 0. The maximum atomic E-state index is 11.7. The number of alkyl carbamates (subject to hydrolysis) is 1. The number of halogens is 1. The number of benzene rings is 1. The van der Waals surface area contributed by atoms with Gasteiger partial charge in [0.25, 0.3) is 0 Å². The summed E-state index contributed by atoms with van der Waals surface area (Å²) in [5.74, 6) is -0.434. The van der Waals surface area contributed by atoms with Crippen molar-refractivity contribution >= 4 is 29.6 Å². The number of ether oxygens (including phenoxy) is 3. The van der Waals surface area contributed by atoms with Gasteiger partial charge in [0, 0.05) is 30.8 Å². The Kier molecular flexibility index (Phi) is 10.2. The Morgan fingerprint density at radius 3 is 2.38 bits per heavy atom. The summed E-state index contributed by atoms with van der Waals surface area (Å²) in [4.78, 5) is 34.7. The van der Waals surface area contributed by atoms with E-state index < -0.39 is 24.3 Å². The highest BCUT2D eigenvalue weighted by Gasteiger charge is 2.17. The highest BCUT2D eigenvalue weighted by atomic mass is 35.5. The van der Waals surface area contributed by atoms with Crippen molar-refractivity contribution in [2.75, 3.05) is 6.54 Å². The van der Waals surface area contributed by atoms with Crippen LogP contribution in [0.15, 0.2) is 24.3 Å². The molecule has 0 bridgehead atoms. The molecule has 1 amide bonds. The van der Waals surface area contributed by atoms with Crippen LogP contribution in [0.4, 0.5) is 4.79 Å². The van der Waals surface area contributed by atoms with E-state index >= 15 is 0 Å². The van der Waals surface area contributed by atoms with Gasteiger partial charge in [-0.05, 0) is 37.1 Å². The molecule has 144 valence electrons. The summed E-state index contributed by atoms with van der Waals surface area (Å²) >= 11 is 5.75. The quantitative estimate of drug-likeness (QED) is 0.285. The minimum absolute atomic E-state index is 0.131. The standard InChI is InChI=1S/C18H24ClNO6/c1-3-6-17(25-15(21)4-2)26-18(23)20-12-5-7-16(22)24-14-10-8-13(19)9-11-14/h8-11,17H,3-7,12H2,1-2H3,(H,20,23). The van der Waals surface area contributed by atoms with Crippen LogP contribution >= 0.6 is 11.6 Å². The molecule has 0 spiro atoms. The SMILES string of the molecule is CCCC(OC(=O)CC)OC(=O)NCCCC(=O)Oc1ccc(Cl)cc1. The topological polar surface area (TPSA) is 90.9 Å². The van der Waals surface area contributed by atoms with Crippen LogP contribution in [0, 0.1) is 0 Å². The van der Waals surface area contributed by atoms with Crippen LogP contribution in [0.25, 0.3) is 0 Å². The van der Waals surface area contributed by atoms with Crippen molar-refractivity contribution in [1.82, 2.24) is 5.32 Å². The predicted molar refractivity (Wildman–Crippen MR) is 95.9 cm³/mol. The van der Waals surface area contributed by atoms with Crippen molar-refractivity contribution in [3.05, 3.63) is 29.3 Å². The van der Waals surface area contributed by atoms with Gasteiger partial charge in [0.15, 0.2) is 0 Å². The third-order valence-corrected chi connectivity index (χ3v) is 3.44. The Hall–Kier alpha value is -2.28. The molecule has 0 aliphatic carbocycles. The molecule has 1 aromatic rings. The number of nitrogens with one attached hydrogen (secondary N) is 1. The van der Waals surface area contributed by atoms with Gasteiger partial charge in [-0.25, -0.2) is 4.79 Å². The molecule has 0 fully saturated rings. The lowest BCUT2D eigenvalue weighted by molar-refractivity contribution is -0.168. The van der Waals surface area contributed by atoms with Crippen LogP contribution in [0.2, 0.25) is 5.02 Å². The number of amides is 1. The van der Waals surface area contributed by atoms with E-state index in [4.69, 9.17) is 25.8 Å². The van der Waals surface area contributed by atoms with E-state index in [1.54, 1.807) is 31.2 Å². The normalized spacial score (nSPS) is 11.3. The number of carbonyl (C=O) groups is 3. The second-order valence-corrected chi connectivity index (χ2v) is 5.86. The molecule has 1 atom stereocenters. The lowest BCUT2D eigenvalue weighted by Crippen LogP contribution is -2.32. The van der Waals surface area contributed by atoms with Gasteiger partial charge in [0.1, 0.15) is 5.75 Å². The van der Waals surface area contributed by atoms with E-state index in [0.29, 0.717) is 30.0 Å². The second-order valence-electron chi connectivity index (χ2n) is 5.43. The summed E-state index contributed by atoms with van der Waals surface area (Å²) in [6.45, 7) is 3.78. The van der Waals surface area contributed by atoms with Crippen molar-refractivity contribution in [1.29, 1.82) is 0 Å². The van der Waals surface area contributed by atoms with Crippen LogP contribution in [0.3, 0.4) is 0 Å². The molecule has 0 saturated heterocycles. The average Bonchev–Trinajstić information content (AvgIpc) is 2.60. The summed E-state index contributed by atoms with van der Waals surface area (Å²) in [6.07, 6.45) is 0.251. The van der Waals surface area contributed by atoms with Crippen LogP contribution < -0.4 is 10.1 Å². The van der Waals surface area contributed by atoms with E-state index in [-0.39, 0.29) is 19.4 Å². The molecular formula is C18H24ClNO6. The Labute approximate surface area is 157 Å². The molecule has 7 nitrogen and oxygen atoms in total. The molecule has 0 saturated carbocycles. The van der Waals surface area contributed by atoms with Crippen LogP contribution in [0.1, 0.15) is 46.0 Å². The molecule has 1 unspecified atom stereocenters. The first kappa shape index (κ1) is 21.8. The van der Waals surface area contributed by atoms with E-state index in [0.717, 1.165) is 0 Å². The molecule has 0 aliphatic rings. The predicted octanol–water partition coefficient (Wildman–Crippen LogP) is 3.83. The molecular weight excluding hydrogens is 362 g/mol. The fourth-order valence-electron chi connectivity index (χ4n) is 1.88. The molecule has 0 heterocycles. The first-order valence-electron chi connectivity index (χ1n) is 8.54. The van der Waals surface area contributed by atoms with Crippen molar-refractivity contribution in [2.45, 2.75) is 52.2 Å². The second kappa shape index (κ2) is 12.1. The first-order chi connectivity index (χ1) is 12.4. The zero-order chi connectivity index (χ0) is 19.4. The third kappa shape index (κ3) is 9.27. The number of hydrogen-bond donors (Lipinski definition) is 1. The molecule has 1 rings (SSSR count). The van der Waals surface area contributed by atoms with E-state index in [2.05, 4.69) is 5.32 Å². The average molecular weight is 386 g/mol. The van der Waals surface area contributed by atoms with Crippen molar-refractivity contribution < 1.29 is 28.6 Å². The Morgan fingerprint density at radius 1 is 1.08 bits per heavy atom. The highest BCUT2D eigenvalue weighted by molar-refractivity contribution is 6.30. The Bertz CT molecular complexity index is 590. The summed E-state index contributed by atoms with van der Waals surface area (Å²) in [7, 11) is 0. The maximum Gasteiger partial charge on any atom is 0.410 e. The van der Waals surface area contributed by atoms with Gasteiger partial charge < -0.3 is 19.5 Å². The monoisotopic (exact) mass is 385 g/mol. The third-order valence-electron chi connectivity index (χ3n) is 3.19. The fourth-order valence-corrected chi connectivity index (χ4v) is 2.00. The van der Waals surface area contributed by atoms with Gasteiger partial charge in [-0.1, -0.05) is 25.4 Å². The van der Waals surface area contributed by atoms with Crippen molar-refractivity contribution in [2.24, 2.45) is 0 Å². The minimum Gasteiger partial charge on any atom is -0.427 e. The molecule has 0 aromatic heterocycles. The maximum absolute atomic E-state index is 11.7. The number of hydrogen-bond acceptors (Lipinski definition) is 6. The molecule has 1 N–H and O–H groups in total. The number of carbonyl (C=O) groups excluding carboxylic acids is 3. The van der Waals surface area contributed by atoms with E-state index in [9.17, 15) is 14.4 Å². The zero-order valence-electron chi connectivity index (χ0n) is 15.0. The van der Waals surface area contributed by atoms with Crippen LogP contribution in [-0.2, 0) is 19.1 Å². The van der Waals surface area contributed by atoms with Gasteiger partial charge >= 0.3 is 18.0 Å². The molecule has 0 aliphatic heterocycles. The first-order valence-corrected chi connectivity index (χ1v) is 8.92. The van der Waals surface area contributed by atoms with E-state index in [1.807, 2.05) is 6.92 Å². The number of rotatable bonds is 10. The van der Waals surface area contributed by atoms with Crippen molar-refractivity contribution in [3.63, 3.8) is 0 Å². The van der Waals surface area contributed by atoms with Gasteiger partial charge in [0.2, 0.25) is 6.29 Å². The summed E-state index contributed by atoms with van der Waals surface area (Å²) in [5, 5.41) is 3.07. The molecule has 26 heavy (non-hydrogen) atoms. The molecule has 1 aromatic carbocycles. The minimum atomic E-state index is -0.901. The fraction of sp³-hybridized carbons (Fsp3) is 0.500. The summed E-state index contributed by atoms with van der Waals surface area (Å²) < 4.78 is 15.2. The lowest BCUT2D eigenvalue weighted by Gasteiger charge is -2.17. The Morgan fingerprint density at radius 2 is 1.77 bits per heavy atom. The van der Waals surface area contributed by atoms with Crippen LogP contribution in [0.5, 0.6) is 5.75 Å². The van der Waals surface area contributed by atoms with Crippen LogP contribution in [-0.4, -0.2) is 30.9 Å². The van der Waals surface area contributed by atoms with Gasteiger partial charge in [-0.2, -0.15) is 0 Å². The van der Waals surface area contributed by atoms with Crippen molar-refractivity contribution in [3.8, 4) is 5.75 Å². The van der Waals surface area contributed by atoms with E-state index in [1.165, 1.54) is 0 Å². The smallest absolute Gasteiger partial charge is 0.410 e. The largest absolute Gasteiger partial charge is 0.427 e. The number of esters is 2. The molecule has 8 heteroatoms. The van der Waals surface area contributed by atoms with Gasteiger partial charge in [-0.3, -0.25) is 9.59 Å². The Balaban J connectivity index is 2.24. The van der Waals surface area contributed by atoms with Gasteiger partial charge in [-0.15, -0.1) is 0 Å². The van der Waals surface area contributed by atoms with Gasteiger partial charge in [0.05, 0.1) is 0 Å².